The van der Waals surface area contributed by atoms with Crippen LogP contribution in [0.4, 0.5) is 0 Å². The standard InChI is InChI=1S/C17H23N3O/c18-9-8-17(14-5-2-1-3-6-14)19-11-16-12-20-10-4-7-15(20)13-21-16/h1-3,5-6,15-17,19H,4,7-8,10-13H2. The topological polar surface area (TPSA) is 48.3 Å². The number of nitriles is 1. The largest absolute Gasteiger partial charge is 0.374 e. The average molecular weight is 285 g/mol. The van der Waals surface area contributed by atoms with Gasteiger partial charge in [0, 0.05) is 25.2 Å². The summed E-state index contributed by atoms with van der Waals surface area (Å²) in [7, 11) is 0. The Bertz CT molecular complexity index is 485. The Kier molecular flexibility index (Phi) is 4.87. The molecule has 112 valence electrons. The minimum Gasteiger partial charge on any atom is -0.374 e. The number of hydrogen-bond acceptors (Lipinski definition) is 4. The van der Waals surface area contributed by atoms with E-state index < -0.39 is 0 Å². The Hall–Kier alpha value is -1.41. The minimum absolute atomic E-state index is 0.0936. The SMILES string of the molecule is N#CCC(NCC1CN2CCCC2CO1)c1ccccc1. The number of nitrogens with one attached hydrogen (secondary N) is 1. The Balaban J connectivity index is 1.54. The van der Waals surface area contributed by atoms with Gasteiger partial charge in [-0.2, -0.15) is 5.26 Å². The van der Waals surface area contributed by atoms with Crippen LogP contribution in [0, 0.1) is 11.3 Å². The monoisotopic (exact) mass is 285 g/mol. The molecule has 3 rings (SSSR count). The van der Waals surface area contributed by atoms with Crippen LogP contribution < -0.4 is 5.32 Å². The van der Waals surface area contributed by atoms with Crippen LogP contribution in [0.3, 0.4) is 0 Å². The molecule has 4 nitrogen and oxygen atoms in total. The van der Waals surface area contributed by atoms with Crippen molar-refractivity contribution in [1.82, 2.24) is 10.2 Å². The number of hydrogen-bond donors (Lipinski definition) is 1. The van der Waals surface area contributed by atoms with Gasteiger partial charge in [-0.1, -0.05) is 30.3 Å². The zero-order valence-electron chi connectivity index (χ0n) is 12.4. The molecule has 3 unspecified atom stereocenters. The van der Waals surface area contributed by atoms with Gasteiger partial charge in [-0.05, 0) is 24.9 Å². The van der Waals surface area contributed by atoms with E-state index in [4.69, 9.17) is 10.00 Å². The summed E-state index contributed by atoms with van der Waals surface area (Å²) in [6.07, 6.45) is 3.31. The van der Waals surface area contributed by atoms with Gasteiger partial charge in [-0.3, -0.25) is 4.90 Å². The van der Waals surface area contributed by atoms with Crippen molar-refractivity contribution < 1.29 is 4.74 Å². The van der Waals surface area contributed by atoms with E-state index in [-0.39, 0.29) is 12.1 Å². The summed E-state index contributed by atoms with van der Waals surface area (Å²) in [6, 6.07) is 13.2. The highest BCUT2D eigenvalue weighted by atomic mass is 16.5. The van der Waals surface area contributed by atoms with Gasteiger partial charge in [-0.15, -0.1) is 0 Å². The molecule has 0 aromatic heterocycles. The fourth-order valence-electron chi connectivity index (χ4n) is 3.37. The normalized spacial score (nSPS) is 27.0. The molecule has 3 atom stereocenters. The van der Waals surface area contributed by atoms with Crippen LogP contribution in [0.2, 0.25) is 0 Å². The first-order valence-corrected chi connectivity index (χ1v) is 7.88. The van der Waals surface area contributed by atoms with E-state index in [1.165, 1.54) is 24.9 Å². The van der Waals surface area contributed by atoms with Crippen LogP contribution in [0.25, 0.3) is 0 Å². The third-order valence-electron chi connectivity index (χ3n) is 4.55. The van der Waals surface area contributed by atoms with Gasteiger partial charge >= 0.3 is 0 Å². The summed E-state index contributed by atoms with van der Waals surface area (Å²) in [5.41, 5.74) is 1.17. The van der Waals surface area contributed by atoms with E-state index in [9.17, 15) is 0 Å². The lowest BCUT2D eigenvalue weighted by atomic mass is 10.0. The molecule has 2 aliphatic rings. The maximum atomic E-state index is 9.03. The van der Waals surface area contributed by atoms with Crippen molar-refractivity contribution in [3.05, 3.63) is 35.9 Å². The maximum Gasteiger partial charge on any atom is 0.0827 e. The molecule has 2 fully saturated rings. The summed E-state index contributed by atoms with van der Waals surface area (Å²) < 4.78 is 5.97. The second kappa shape index (κ2) is 7.04. The van der Waals surface area contributed by atoms with Gasteiger partial charge in [-0.25, -0.2) is 0 Å². The molecule has 1 N–H and O–H groups in total. The van der Waals surface area contributed by atoms with Crippen LogP contribution in [-0.4, -0.2) is 43.3 Å². The van der Waals surface area contributed by atoms with Gasteiger partial charge in [0.1, 0.15) is 0 Å². The fraction of sp³-hybridized carbons (Fsp3) is 0.588. The van der Waals surface area contributed by atoms with Crippen molar-refractivity contribution in [2.75, 3.05) is 26.2 Å². The van der Waals surface area contributed by atoms with Crippen LogP contribution in [0.15, 0.2) is 30.3 Å². The van der Waals surface area contributed by atoms with E-state index in [2.05, 4.69) is 28.4 Å². The molecule has 4 heteroatoms. The van der Waals surface area contributed by atoms with Crippen molar-refractivity contribution in [3.63, 3.8) is 0 Å². The van der Waals surface area contributed by atoms with Crippen LogP contribution in [0.1, 0.15) is 30.9 Å². The Morgan fingerprint density at radius 1 is 1.38 bits per heavy atom. The summed E-state index contributed by atoms with van der Waals surface area (Å²) in [5, 5.41) is 12.5. The average Bonchev–Trinajstić information content (AvgIpc) is 3.00. The molecule has 0 bridgehead atoms. The highest BCUT2D eigenvalue weighted by Crippen LogP contribution is 2.23. The zero-order chi connectivity index (χ0) is 14.5. The van der Waals surface area contributed by atoms with E-state index >= 15 is 0 Å². The molecule has 0 aliphatic carbocycles. The van der Waals surface area contributed by atoms with Crippen LogP contribution in [0.5, 0.6) is 0 Å². The van der Waals surface area contributed by atoms with Crippen molar-refractivity contribution in [2.45, 2.75) is 37.5 Å². The first kappa shape index (κ1) is 14.5. The number of ether oxygens (including phenoxy) is 1. The predicted molar refractivity (Wildman–Crippen MR) is 81.8 cm³/mol. The summed E-state index contributed by atoms with van der Waals surface area (Å²) >= 11 is 0. The molecule has 21 heavy (non-hydrogen) atoms. The molecule has 1 aromatic carbocycles. The molecule has 0 radical (unpaired) electrons. The molecule has 2 saturated heterocycles. The summed E-state index contributed by atoms with van der Waals surface area (Å²) in [4.78, 5) is 2.55. The first-order valence-electron chi connectivity index (χ1n) is 7.88. The Morgan fingerprint density at radius 3 is 3.05 bits per heavy atom. The lowest BCUT2D eigenvalue weighted by Crippen LogP contribution is -2.49. The molecule has 2 aliphatic heterocycles. The third-order valence-corrected chi connectivity index (χ3v) is 4.55. The lowest BCUT2D eigenvalue weighted by molar-refractivity contribution is -0.0478. The molecule has 0 spiro atoms. The molecule has 1 aromatic rings. The highest BCUT2D eigenvalue weighted by Gasteiger charge is 2.32. The predicted octanol–water partition coefficient (Wildman–Crippen LogP) is 2.09. The summed E-state index contributed by atoms with van der Waals surface area (Å²) in [6.45, 7) is 3.90. The quantitative estimate of drug-likeness (QED) is 0.900. The molecule has 0 amide bonds. The highest BCUT2D eigenvalue weighted by molar-refractivity contribution is 5.19. The van der Waals surface area contributed by atoms with Gasteiger partial charge in [0.05, 0.1) is 25.2 Å². The Morgan fingerprint density at radius 2 is 2.24 bits per heavy atom. The molecular weight excluding hydrogens is 262 g/mol. The van der Waals surface area contributed by atoms with E-state index in [0.717, 1.165) is 19.7 Å². The van der Waals surface area contributed by atoms with Crippen molar-refractivity contribution >= 4 is 0 Å². The molecule has 0 saturated carbocycles. The van der Waals surface area contributed by atoms with Gasteiger partial charge in [0.15, 0.2) is 0 Å². The van der Waals surface area contributed by atoms with Crippen molar-refractivity contribution in [2.24, 2.45) is 0 Å². The van der Waals surface area contributed by atoms with Crippen LogP contribution >= 0.6 is 0 Å². The maximum absolute atomic E-state index is 9.03. The van der Waals surface area contributed by atoms with Crippen LogP contribution in [-0.2, 0) is 4.74 Å². The Labute approximate surface area is 126 Å². The third kappa shape index (κ3) is 3.62. The van der Waals surface area contributed by atoms with Gasteiger partial charge < -0.3 is 10.1 Å². The van der Waals surface area contributed by atoms with E-state index in [0.29, 0.717) is 12.5 Å². The molecule has 2 heterocycles. The van der Waals surface area contributed by atoms with E-state index in [1.54, 1.807) is 0 Å². The van der Waals surface area contributed by atoms with Gasteiger partial charge in [0.2, 0.25) is 0 Å². The lowest BCUT2D eigenvalue weighted by Gasteiger charge is -2.35. The summed E-state index contributed by atoms with van der Waals surface area (Å²) in [5.74, 6) is 0. The second-order valence-corrected chi connectivity index (χ2v) is 5.98. The first-order chi connectivity index (χ1) is 10.4. The number of benzene rings is 1. The van der Waals surface area contributed by atoms with Crippen molar-refractivity contribution in [3.8, 4) is 6.07 Å². The second-order valence-electron chi connectivity index (χ2n) is 5.98. The minimum atomic E-state index is 0.0936. The number of nitrogens with zero attached hydrogens (tertiary/aromatic N) is 2. The number of rotatable bonds is 5. The van der Waals surface area contributed by atoms with Crippen molar-refractivity contribution in [1.29, 1.82) is 5.26 Å². The smallest absolute Gasteiger partial charge is 0.0827 e. The molecular formula is C17H23N3O. The zero-order valence-corrected chi connectivity index (χ0v) is 12.4. The number of fused-ring (bicyclic) bond motifs is 1. The van der Waals surface area contributed by atoms with E-state index in [1.807, 2.05) is 18.2 Å². The number of morpholine rings is 1. The van der Waals surface area contributed by atoms with Gasteiger partial charge in [0.25, 0.3) is 0 Å². The fourth-order valence-corrected chi connectivity index (χ4v) is 3.37.